The van der Waals surface area contributed by atoms with Crippen molar-refractivity contribution in [1.29, 1.82) is 0 Å². The number of anilines is 2. The fourth-order valence-electron chi connectivity index (χ4n) is 3.16. The molecule has 0 spiro atoms. The summed E-state index contributed by atoms with van der Waals surface area (Å²) < 4.78 is 15.8. The molecular formula is C23H22FN5OS. The van der Waals surface area contributed by atoms with Gasteiger partial charge in [-0.2, -0.15) is 0 Å². The lowest BCUT2D eigenvalue weighted by Crippen LogP contribution is -2.19. The van der Waals surface area contributed by atoms with Crippen LogP contribution in [0.4, 0.5) is 15.8 Å². The van der Waals surface area contributed by atoms with Crippen molar-refractivity contribution in [3.8, 4) is 0 Å². The van der Waals surface area contributed by atoms with E-state index in [2.05, 4.69) is 15.3 Å². The second kappa shape index (κ2) is 9.18. The summed E-state index contributed by atoms with van der Waals surface area (Å²) in [7, 11) is 3.93. The summed E-state index contributed by atoms with van der Waals surface area (Å²) in [6.45, 7) is 0.0806. The van der Waals surface area contributed by atoms with Gasteiger partial charge in [-0.3, -0.25) is 9.78 Å². The van der Waals surface area contributed by atoms with E-state index in [9.17, 15) is 9.18 Å². The fraction of sp³-hybridized carbons (Fsp3) is 0.174. The first kappa shape index (κ1) is 20.9. The van der Waals surface area contributed by atoms with Gasteiger partial charge in [0.05, 0.1) is 17.2 Å². The van der Waals surface area contributed by atoms with Crippen molar-refractivity contribution in [3.63, 3.8) is 0 Å². The van der Waals surface area contributed by atoms with Gasteiger partial charge in [0.2, 0.25) is 5.91 Å². The predicted octanol–water partition coefficient (Wildman–Crippen LogP) is 4.57. The van der Waals surface area contributed by atoms with Crippen molar-refractivity contribution in [2.24, 2.45) is 0 Å². The molecule has 2 aromatic heterocycles. The fourth-order valence-corrected chi connectivity index (χ4v) is 4.16. The lowest BCUT2D eigenvalue weighted by atomic mass is 10.2. The molecule has 2 heterocycles. The first-order valence-corrected chi connectivity index (χ1v) is 10.7. The highest BCUT2D eigenvalue weighted by Gasteiger charge is 2.15. The molecule has 0 aliphatic rings. The molecule has 6 nitrogen and oxygen atoms in total. The third-order valence-electron chi connectivity index (χ3n) is 4.80. The van der Waals surface area contributed by atoms with Crippen LogP contribution in [-0.2, 0) is 17.1 Å². The molecule has 0 radical (unpaired) electrons. The minimum atomic E-state index is -0.252. The van der Waals surface area contributed by atoms with Gasteiger partial charge in [-0.15, -0.1) is 0 Å². The average Bonchev–Trinajstić information content (AvgIpc) is 3.11. The summed E-state index contributed by atoms with van der Waals surface area (Å²) in [6.07, 6.45) is 3.35. The number of nitrogens with one attached hydrogen (secondary N) is 1. The second-order valence-electron chi connectivity index (χ2n) is 7.21. The second-order valence-corrected chi connectivity index (χ2v) is 8.16. The number of aromatic nitrogens is 3. The third-order valence-corrected chi connectivity index (χ3v) is 5.82. The van der Waals surface area contributed by atoms with Crippen LogP contribution in [0, 0.1) is 5.82 Å². The number of amides is 1. The number of fused-ring (bicyclic) bond motifs is 1. The zero-order valence-corrected chi connectivity index (χ0v) is 18.1. The number of hydrogen-bond donors (Lipinski definition) is 1. The SMILES string of the molecule is CN(C)c1ccc(NC(=O)Cn2c(SCc3ccccc3F)nc3ccncc32)cc1. The van der Waals surface area contributed by atoms with Gasteiger partial charge < -0.3 is 14.8 Å². The van der Waals surface area contributed by atoms with E-state index < -0.39 is 0 Å². The van der Waals surface area contributed by atoms with Gasteiger partial charge in [-0.05, 0) is 42.0 Å². The van der Waals surface area contributed by atoms with Crippen molar-refractivity contribution in [3.05, 3.63) is 78.4 Å². The van der Waals surface area contributed by atoms with Gasteiger partial charge in [0.25, 0.3) is 0 Å². The van der Waals surface area contributed by atoms with Crippen LogP contribution >= 0.6 is 11.8 Å². The molecule has 0 saturated carbocycles. The highest BCUT2D eigenvalue weighted by atomic mass is 32.2. The first-order valence-electron chi connectivity index (χ1n) is 9.75. The van der Waals surface area contributed by atoms with Gasteiger partial charge in [-0.1, -0.05) is 30.0 Å². The average molecular weight is 436 g/mol. The molecule has 0 saturated heterocycles. The number of carbonyl (C=O) groups is 1. The molecule has 0 bridgehead atoms. The van der Waals surface area contributed by atoms with Crippen molar-refractivity contribution < 1.29 is 9.18 Å². The topological polar surface area (TPSA) is 63.1 Å². The molecule has 0 aliphatic heterocycles. The summed E-state index contributed by atoms with van der Waals surface area (Å²) in [5.74, 6) is -0.0106. The minimum Gasteiger partial charge on any atom is -0.378 e. The molecule has 1 amide bonds. The summed E-state index contributed by atoms with van der Waals surface area (Å²) in [5.41, 5.74) is 3.87. The maximum atomic E-state index is 14.0. The van der Waals surface area contributed by atoms with Gasteiger partial charge in [0.1, 0.15) is 12.4 Å². The Morgan fingerprint density at radius 1 is 1.13 bits per heavy atom. The van der Waals surface area contributed by atoms with Gasteiger partial charge in [-0.25, -0.2) is 9.37 Å². The number of rotatable bonds is 7. The number of hydrogen-bond acceptors (Lipinski definition) is 5. The summed E-state index contributed by atoms with van der Waals surface area (Å²) in [4.78, 5) is 23.6. The smallest absolute Gasteiger partial charge is 0.244 e. The molecule has 158 valence electrons. The van der Waals surface area contributed by atoms with Crippen molar-refractivity contribution >= 4 is 40.1 Å². The van der Waals surface area contributed by atoms with Crippen LogP contribution in [0.25, 0.3) is 11.0 Å². The quantitative estimate of drug-likeness (QED) is 0.431. The van der Waals surface area contributed by atoms with Crippen LogP contribution in [0.15, 0.2) is 72.1 Å². The maximum Gasteiger partial charge on any atom is 0.244 e. The van der Waals surface area contributed by atoms with Crippen molar-refractivity contribution in [1.82, 2.24) is 14.5 Å². The van der Waals surface area contributed by atoms with E-state index in [0.717, 1.165) is 22.4 Å². The van der Waals surface area contributed by atoms with E-state index in [1.54, 1.807) is 36.7 Å². The monoisotopic (exact) mass is 435 g/mol. The molecule has 0 fully saturated rings. The maximum absolute atomic E-state index is 14.0. The molecular weight excluding hydrogens is 413 g/mol. The largest absolute Gasteiger partial charge is 0.378 e. The molecule has 31 heavy (non-hydrogen) atoms. The lowest BCUT2D eigenvalue weighted by Gasteiger charge is -2.13. The Morgan fingerprint density at radius 2 is 1.90 bits per heavy atom. The Balaban J connectivity index is 1.53. The number of imidazole rings is 1. The van der Waals surface area contributed by atoms with Gasteiger partial charge >= 0.3 is 0 Å². The molecule has 4 aromatic rings. The summed E-state index contributed by atoms with van der Waals surface area (Å²) >= 11 is 1.39. The molecule has 4 rings (SSSR count). The van der Waals surface area contributed by atoms with Crippen LogP contribution in [0.1, 0.15) is 5.56 Å². The van der Waals surface area contributed by atoms with Gasteiger partial charge in [0, 0.05) is 37.4 Å². The minimum absolute atomic E-state index is 0.0806. The van der Waals surface area contributed by atoms with Crippen LogP contribution in [-0.4, -0.2) is 34.5 Å². The van der Waals surface area contributed by atoms with E-state index in [1.807, 2.05) is 47.8 Å². The summed E-state index contributed by atoms with van der Waals surface area (Å²) in [5, 5.41) is 3.57. The summed E-state index contributed by atoms with van der Waals surface area (Å²) in [6, 6.07) is 16.1. The normalized spacial score (nSPS) is 10.9. The zero-order valence-electron chi connectivity index (χ0n) is 17.2. The number of pyridine rings is 1. The molecule has 8 heteroatoms. The van der Waals surface area contributed by atoms with E-state index in [1.165, 1.54) is 17.8 Å². The zero-order chi connectivity index (χ0) is 21.8. The Labute approximate surface area is 184 Å². The number of benzene rings is 2. The van der Waals surface area contributed by atoms with Crippen LogP contribution < -0.4 is 10.2 Å². The highest BCUT2D eigenvalue weighted by molar-refractivity contribution is 7.98. The molecule has 0 atom stereocenters. The van der Waals surface area contributed by atoms with Gasteiger partial charge in [0.15, 0.2) is 5.16 Å². The van der Waals surface area contributed by atoms with E-state index in [0.29, 0.717) is 16.5 Å². The first-order chi connectivity index (χ1) is 15.0. The molecule has 0 aliphatic carbocycles. The number of carbonyl (C=O) groups excluding carboxylic acids is 1. The van der Waals surface area contributed by atoms with E-state index >= 15 is 0 Å². The Kier molecular flexibility index (Phi) is 6.18. The van der Waals surface area contributed by atoms with Crippen LogP contribution in [0.3, 0.4) is 0 Å². The highest BCUT2D eigenvalue weighted by Crippen LogP contribution is 2.27. The van der Waals surface area contributed by atoms with E-state index in [4.69, 9.17) is 0 Å². The third kappa shape index (κ3) is 4.86. The Morgan fingerprint density at radius 3 is 2.65 bits per heavy atom. The van der Waals surface area contributed by atoms with Crippen molar-refractivity contribution in [2.75, 3.05) is 24.3 Å². The predicted molar refractivity (Wildman–Crippen MR) is 123 cm³/mol. The molecule has 0 unspecified atom stereocenters. The van der Waals surface area contributed by atoms with Crippen LogP contribution in [0.2, 0.25) is 0 Å². The van der Waals surface area contributed by atoms with E-state index in [-0.39, 0.29) is 18.3 Å². The molecule has 1 N–H and O–H groups in total. The van der Waals surface area contributed by atoms with Crippen molar-refractivity contribution in [2.45, 2.75) is 17.5 Å². The Hall–Kier alpha value is -3.39. The number of nitrogens with zero attached hydrogens (tertiary/aromatic N) is 4. The lowest BCUT2D eigenvalue weighted by molar-refractivity contribution is -0.116. The molecule has 2 aromatic carbocycles. The number of thioether (sulfide) groups is 1. The van der Waals surface area contributed by atoms with Crippen LogP contribution in [0.5, 0.6) is 0 Å². The Bertz CT molecular complexity index is 1210. The standard InChI is InChI=1S/C23H22FN5OS/c1-28(2)18-9-7-17(8-10-18)26-22(30)14-29-21-13-25-12-11-20(21)27-23(29)31-15-16-5-3-4-6-19(16)24/h3-13H,14-15H2,1-2H3,(H,26,30). The number of halogens is 1.